The normalized spacial score (nSPS) is 13.3. The van der Waals surface area contributed by atoms with E-state index in [2.05, 4.69) is 10.0 Å². The molecule has 112 valence electrons. The molecule has 0 fully saturated rings. The van der Waals surface area contributed by atoms with Gasteiger partial charge < -0.3 is 10.4 Å². The van der Waals surface area contributed by atoms with Crippen molar-refractivity contribution in [3.05, 3.63) is 0 Å². The van der Waals surface area contributed by atoms with Crippen LogP contribution in [0.2, 0.25) is 0 Å². The van der Waals surface area contributed by atoms with Gasteiger partial charge in [0.15, 0.2) is 0 Å². The zero-order chi connectivity index (χ0) is 15.1. The third kappa shape index (κ3) is 7.09. The topological polar surface area (TPSA) is 116 Å². The van der Waals surface area contributed by atoms with Gasteiger partial charge in [-0.25, -0.2) is 0 Å². The summed E-state index contributed by atoms with van der Waals surface area (Å²) in [7, 11) is -2.61. The van der Waals surface area contributed by atoms with Crippen LogP contribution in [0.5, 0.6) is 0 Å². The number of aliphatic carboxylic acids is 1. The first-order valence-corrected chi connectivity index (χ1v) is 7.37. The lowest BCUT2D eigenvalue weighted by Crippen LogP contribution is -2.49. The second-order valence-electron chi connectivity index (χ2n) is 4.10. The summed E-state index contributed by atoms with van der Waals surface area (Å²) < 4.78 is 26.6. The highest BCUT2D eigenvalue weighted by molar-refractivity contribution is 7.87. The van der Waals surface area contributed by atoms with E-state index >= 15 is 0 Å². The molecule has 0 rings (SSSR count). The lowest BCUT2D eigenvalue weighted by molar-refractivity contribution is -0.137. The first kappa shape index (κ1) is 17.8. The third-order valence-electron chi connectivity index (χ3n) is 2.32. The molecule has 0 saturated carbocycles. The van der Waals surface area contributed by atoms with Crippen molar-refractivity contribution in [2.45, 2.75) is 32.7 Å². The van der Waals surface area contributed by atoms with E-state index in [1.165, 1.54) is 14.0 Å². The van der Waals surface area contributed by atoms with Gasteiger partial charge in [-0.3, -0.25) is 9.59 Å². The molecule has 0 saturated heterocycles. The van der Waals surface area contributed by atoms with Gasteiger partial charge in [-0.1, -0.05) is 6.92 Å². The molecule has 0 aromatic rings. The van der Waals surface area contributed by atoms with Gasteiger partial charge in [0, 0.05) is 20.1 Å². The Morgan fingerprint density at radius 3 is 2.42 bits per heavy atom. The second kappa shape index (κ2) is 8.08. The number of amides is 1. The van der Waals surface area contributed by atoms with Crippen molar-refractivity contribution in [2.75, 3.05) is 20.1 Å². The number of nitrogens with one attached hydrogen (secondary N) is 2. The molecule has 1 atom stereocenters. The zero-order valence-corrected chi connectivity index (χ0v) is 12.2. The lowest BCUT2D eigenvalue weighted by Gasteiger charge is -2.20. The number of carboxylic acid groups (broad SMARTS) is 1. The van der Waals surface area contributed by atoms with Crippen molar-refractivity contribution in [3.8, 4) is 0 Å². The Bertz CT molecular complexity index is 409. The van der Waals surface area contributed by atoms with Crippen molar-refractivity contribution in [1.82, 2.24) is 14.3 Å². The van der Waals surface area contributed by atoms with Crippen molar-refractivity contribution in [1.29, 1.82) is 0 Å². The van der Waals surface area contributed by atoms with E-state index in [0.29, 0.717) is 6.54 Å². The minimum absolute atomic E-state index is 0.159. The van der Waals surface area contributed by atoms with E-state index in [9.17, 15) is 18.0 Å². The summed E-state index contributed by atoms with van der Waals surface area (Å²) in [6.45, 7) is 3.62. The Labute approximate surface area is 113 Å². The van der Waals surface area contributed by atoms with Crippen LogP contribution in [0.25, 0.3) is 0 Å². The second-order valence-corrected chi connectivity index (χ2v) is 5.91. The Balaban J connectivity index is 4.42. The first-order chi connectivity index (χ1) is 8.70. The van der Waals surface area contributed by atoms with Gasteiger partial charge in [0.25, 0.3) is 10.2 Å². The number of carbonyl (C=O) groups is 2. The van der Waals surface area contributed by atoms with Crippen molar-refractivity contribution < 1.29 is 23.1 Å². The summed E-state index contributed by atoms with van der Waals surface area (Å²) in [4.78, 5) is 21.9. The molecule has 0 aliphatic heterocycles. The number of carbonyl (C=O) groups excluding carboxylic acids is 1. The fourth-order valence-corrected chi connectivity index (χ4v) is 2.21. The average molecular weight is 295 g/mol. The molecule has 0 radical (unpaired) electrons. The molecule has 0 aromatic heterocycles. The largest absolute Gasteiger partial charge is 0.481 e. The number of hydrogen-bond donors (Lipinski definition) is 3. The Morgan fingerprint density at radius 2 is 1.95 bits per heavy atom. The monoisotopic (exact) mass is 295 g/mol. The number of rotatable bonds is 9. The lowest BCUT2D eigenvalue weighted by atomic mass is 10.3. The molecule has 0 heterocycles. The molecule has 8 nitrogen and oxygen atoms in total. The van der Waals surface area contributed by atoms with E-state index < -0.39 is 28.1 Å². The third-order valence-corrected chi connectivity index (χ3v) is 3.97. The Hall–Kier alpha value is -1.19. The number of carboxylic acids is 1. The zero-order valence-electron chi connectivity index (χ0n) is 11.3. The van der Waals surface area contributed by atoms with E-state index in [-0.39, 0.29) is 13.0 Å². The van der Waals surface area contributed by atoms with E-state index in [4.69, 9.17) is 5.11 Å². The van der Waals surface area contributed by atoms with Crippen LogP contribution in [0.15, 0.2) is 0 Å². The van der Waals surface area contributed by atoms with E-state index in [1.807, 2.05) is 6.92 Å². The van der Waals surface area contributed by atoms with E-state index in [1.54, 1.807) is 0 Å². The summed E-state index contributed by atoms with van der Waals surface area (Å²) in [6, 6.07) is -0.913. The van der Waals surface area contributed by atoms with Gasteiger partial charge in [-0.05, 0) is 13.3 Å². The maximum Gasteiger partial charge on any atom is 0.304 e. The fourth-order valence-electron chi connectivity index (χ4n) is 1.14. The van der Waals surface area contributed by atoms with Gasteiger partial charge in [0.1, 0.15) is 0 Å². The van der Waals surface area contributed by atoms with Gasteiger partial charge >= 0.3 is 5.97 Å². The SMILES string of the molecule is CCCNC(=O)C(C)NS(=O)(=O)N(C)CCC(=O)O. The van der Waals surface area contributed by atoms with Gasteiger partial charge in [-0.15, -0.1) is 0 Å². The van der Waals surface area contributed by atoms with Crippen LogP contribution in [0, 0.1) is 0 Å². The fraction of sp³-hybridized carbons (Fsp3) is 0.800. The van der Waals surface area contributed by atoms with Gasteiger partial charge in [-0.2, -0.15) is 17.4 Å². The molecule has 19 heavy (non-hydrogen) atoms. The summed E-state index contributed by atoms with van der Waals surface area (Å²) in [5, 5.41) is 11.1. The maximum absolute atomic E-state index is 11.8. The highest BCUT2D eigenvalue weighted by atomic mass is 32.2. The molecule has 3 N–H and O–H groups in total. The highest BCUT2D eigenvalue weighted by Gasteiger charge is 2.23. The molecular weight excluding hydrogens is 274 g/mol. The predicted octanol–water partition coefficient (Wildman–Crippen LogP) is -0.858. The first-order valence-electron chi connectivity index (χ1n) is 5.93. The summed E-state index contributed by atoms with van der Waals surface area (Å²) >= 11 is 0. The van der Waals surface area contributed by atoms with Gasteiger partial charge in [0.05, 0.1) is 12.5 Å². The van der Waals surface area contributed by atoms with E-state index in [0.717, 1.165) is 10.7 Å². The molecule has 0 aromatic carbocycles. The molecule has 0 aliphatic carbocycles. The molecule has 0 spiro atoms. The Kier molecular flexibility index (Phi) is 7.57. The highest BCUT2D eigenvalue weighted by Crippen LogP contribution is 1.98. The summed E-state index contributed by atoms with van der Waals surface area (Å²) in [6.07, 6.45) is 0.456. The number of nitrogens with zero attached hydrogens (tertiary/aromatic N) is 1. The minimum Gasteiger partial charge on any atom is -0.481 e. The maximum atomic E-state index is 11.8. The predicted molar refractivity (Wildman–Crippen MR) is 69.7 cm³/mol. The summed E-state index contributed by atoms with van der Waals surface area (Å²) in [5.41, 5.74) is 0. The van der Waals surface area contributed by atoms with Crippen LogP contribution in [0.1, 0.15) is 26.7 Å². The molecular formula is C10H21N3O5S. The van der Waals surface area contributed by atoms with Crippen molar-refractivity contribution in [3.63, 3.8) is 0 Å². The molecule has 0 bridgehead atoms. The minimum atomic E-state index is -3.87. The van der Waals surface area contributed by atoms with Crippen LogP contribution in [-0.2, 0) is 19.8 Å². The van der Waals surface area contributed by atoms with Crippen LogP contribution in [-0.4, -0.2) is 55.9 Å². The Morgan fingerprint density at radius 1 is 1.37 bits per heavy atom. The summed E-state index contributed by atoms with van der Waals surface area (Å²) in [5.74, 6) is -1.51. The van der Waals surface area contributed by atoms with Crippen molar-refractivity contribution >= 4 is 22.1 Å². The average Bonchev–Trinajstić information content (AvgIpc) is 2.31. The molecule has 1 amide bonds. The number of hydrogen-bond acceptors (Lipinski definition) is 4. The van der Waals surface area contributed by atoms with Crippen molar-refractivity contribution in [2.24, 2.45) is 0 Å². The molecule has 0 aliphatic rings. The standard InChI is InChI=1S/C10H21N3O5S/c1-4-6-11-10(16)8(2)12-19(17,18)13(3)7-5-9(14)15/h8,12H,4-7H2,1-3H3,(H,11,16)(H,14,15). The van der Waals surface area contributed by atoms with Crippen LogP contribution < -0.4 is 10.0 Å². The molecule has 9 heteroatoms. The quantitative estimate of drug-likeness (QED) is 0.512. The smallest absolute Gasteiger partial charge is 0.304 e. The van der Waals surface area contributed by atoms with Gasteiger partial charge in [0.2, 0.25) is 5.91 Å². The van der Waals surface area contributed by atoms with Crippen LogP contribution in [0.4, 0.5) is 0 Å². The van der Waals surface area contributed by atoms with Crippen LogP contribution in [0.3, 0.4) is 0 Å². The van der Waals surface area contributed by atoms with Crippen LogP contribution >= 0.6 is 0 Å². The molecule has 1 unspecified atom stereocenters.